The van der Waals surface area contributed by atoms with E-state index in [1.54, 1.807) is 6.20 Å². The largest absolute Gasteiger partial charge is 0.494 e. The lowest BCUT2D eigenvalue weighted by Gasteiger charge is -2.26. The Kier molecular flexibility index (Phi) is 6.87. The first-order chi connectivity index (χ1) is 15.2. The minimum Gasteiger partial charge on any atom is -0.494 e. The molecule has 4 rings (SSSR count). The lowest BCUT2D eigenvalue weighted by atomic mass is 10.1. The molecule has 0 spiro atoms. The molecule has 31 heavy (non-hydrogen) atoms. The maximum absolute atomic E-state index is 13.2. The van der Waals surface area contributed by atoms with Crippen molar-refractivity contribution in [2.75, 3.05) is 13.2 Å². The molecule has 0 radical (unpaired) electrons. The number of hydrogen-bond acceptors (Lipinski definition) is 3. The van der Waals surface area contributed by atoms with Crippen LogP contribution in [0.5, 0.6) is 5.75 Å². The van der Waals surface area contributed by atoms with E-state index in [0.717, 1.165) is 37.1 Å². The zero-order valence-electron chi connectivity index (χ0n) is 18.0. The Morgan fingerprint density at radius 1 is 1.23 bits per heavy atom. The van der Waals surface area contributed by atoms with Crippen molar-refractivity contribution in [1.29, 1.82) is 0 Å². The van der Waals surface area contributed by atoms with Gasteiger partial charge in [-0.15, -0.1) is 0 Å². The zero-order chi connectivity index (χ0) is 21.5. The highest BCUT2D eigenvalue weighted by atomic mass is 16.5. The van der Waals surface area contributed by atoms with Crippen molar-refractivity contribution >= 4 is 6.03 Å². The summed E-state index contributed by atoms with van der Waals surface area (Å²) in [5.74, 6) is 0.852. The quantitative estimate of drug-likeness (QED) is 0.554. The van der Waals surface area contributed by atoms with Gasteiger partial charge in [0.1, 0.15) is 5.75 Å². The number of aryl methyl sites for hydroxylation is 2. The second-order valence-corrected chi connectivity index (χ2v) is 7.89. The standard InChI is InChI=1S/C25H30N4O2/c1-2-31-22-11-8-20(9-12-22)18-29(16-5-15-28-17-14-26-19-28)25(30)27-24-13-10-21-6-3-4-7-23(21)24/h3-4,6-9,11-12,14,17,19,24H,2,5,10,13,15-16,18H2,1H3,(H,27,30). The molecule has 0 saturated heterocycles. The Bertz CT molecular complexity index is 969. The van der Waals surface area contributed by atoms with Gasteiger partial charge in [0.15, 0.2) is 0 Å². The molecule has 6 heteroatoms. The van der Waals surface area contributed by atoms with Crippen LogP contribution in [0.3, 0.4) is 0 Å². The molecule has 0 aliphatic heterocycles. The van der Waals surface area contributed by atoms with Gasteiger partial charge in [-0.05, 0) is 55.0 Å². The first-order valence-corrected chi connectivity index (χ1v) is 11.0. The number of amides is 2. The van der Waals surface area contributed by atoms with E-state index in [1.807, 2.05) is 59.2 Å². The third-order valence-corrected chi connectivity index (χ3v) is 5.73. The molecule has 1 unspecified atom stereocenters. The number of carbonyl (C=O) groups is 1. The van der Waals surface area contributed by atoms with Crippen LogP contribution < -0.4 is 10.1 Å². The number of urea groups is 1. The van der Waals surface area contributed by atoms with E-state index in [2.05, 4.69) is 28.5 Å². The van der Waals surface area contributed by atoms with Gasteiger partial charge in [0.05, 0.1) is 19.0 Å². The molecule has 1 atom stereocenters. The number of nitrogens with one attached hydrogen (secondary N) is 1. The Hall–Kier alpha value is -3.28. The molecular weight excluding hydrogens is 388 g/mol. The van der Waals surface area contributed by atoms with Crippen LogP contribution in [0, 0.1) is 0 Å². The van der Waals surface area contributed by atoms with Crippen molar-refractivity contribution in [3.63, 3.8) is 0 Å². The highest BCUT2D eigenvalue weighted by Gasteiger charge is 2.25. The van der Waals surface area contributed by atoms with Crippen molar-refractivity contribution < 1.29 is 9.53 Å². The summed E-state index contributed by atoms with van der Waals surface area (Å²) in [5, 5.41) is 3.27. The van der Waals surface area contributed by atoms with Gasteiger partial charge in [0.2, 0.25) is 0 Å². The first-order valence-electron chi connectivity index (χ1n) is 11.0. The number of rotatable bonds is 9. The molecule has 1 aromatic heterocycles. The van der Waals surface area contributed by atoms with E-state index in [1.165, 1.54) is 11.1 Å². The van der Waals surface area contributed by atoms with E-state index in [4.69, 9.17) is 4.74 Å². The molecule has 2 amide bonds. The number of benzene rings is 2. The summed E-state index contributed by atoms with van der Waals surface area (Å²) < 4.78 is 7.58. The summed E-state index contributed by atoms with van der Waals surface area (Å²) in [7, 11) is 0. The average molecular weight is 419 g/mol. The van der Waals surface area contributed by atoms with E-state index in [9.17, 15) is 4.79 Å². The highest BCUT2D eigenvalue weighted by Crippen LogP contribution is 2.30. The third kappa shape index (κ3) is 5.45. The van der Waals surface area contributed by atoms with Gasteiger partial charge in [-0.2, -0.15) is 0 Å². The van der Waals surface area contributed by atoms with Crippen LogP contribution in [0.25, 0.3) is 0 Å². The number of carbonyl (C=O) groups excluding carboxylic acids is 1. The summed E-state index contributed by atoms with van der Waals surface area (Å²) >= 11 is 0. The Morgan fingerprint density at radius 2 is 2.06 bits per heavy atom. The predicted molar refractivity (Wildman–Crippen MR) is 121 cm³/mol. The average Bonchev–Trinajstić information content (AvgIpc) is 3.45. The summed E-state index contributed by atoms with van der Waals surface area (Å²) in [6.07, 6.45) is 8.38. The molecule has 1 N–H and O–H groups in total. The maximum atomic E-state index is 13.2. The van der Waals surface area contributed by atoms with Crippen LogP contribution in [0.4, 0.5) is 4.79 Å². The van der Waals surface area contributed by atoms with Crippen molar-refractivity contribution in [1.82, 2.24) is 19.8 Å². The van der Waals surface area contributed by atoms with Gasteiger partial charge in [0, 0.05) is 32.0 Å². The van der Waals surface area contributed by atoms with Gasteiger partial charge in [-0.3, -0.25) is 0 Å². The summed E-state index contributed by atoms with van der Waals surface area (Å²) in [6.45, 7) is 4.69. The minimum absolute atomic E-state index is 0.0128. The normalized spacial score (nSPS) is 14.8. The fourth-order valence-electron chi connectivity index (χ4n) is 4.14. The van der Waals surface area contributed by atoms with Gasteiger partial charge in [-0.1, -0.05) is 36.4 Å². The topological polar surface area (TPSA) is 59.4 Å². The second kappa shape index (κ2) is 10.2. The second-order valence-electron chi connectivity index (χ2n) is 7.89. The molecule has 6 nitrogen and oxygen atoms in total. The van der Waals surface area contributed by atoms with Crippen molar-refractivity contribution in [3.05, 3.63) is 83.9 Å². The number of imidazole rings is 1. The SMILES string of the molecule is CCOc1ccc(CN(CCCn2ccnc2)C(=O)NC2CCc3ccccc32)cc1. The van der Waals surface area contributed by atoms with Gasteiger partial charge >= 0.3 is 6.03 Å². The van der Waals surface area contributed by atoms with Crippen molar-refractivity contribution in [2.24, 2.45) is 0 Å². The van der Waals surface area contributed by atoms with Crippen LogP contribution in [0.2, 0.25) is 0 Å². The number of hydrogen-bond donors (Lipinski definition) is 1. The molecule has 3 aromatic rings. The van der Waals surface area contributed by atoms with E-state index in [0.29, 0.717) is 19.7 Å². The van der Waals surface area contributed by atoms with Crippen LogP contribution in [-0.2, 0) is 19.5 Å². The number of aromatic nitrogens is 2. The Labute approximate surface area is 183 Å². The van der Waals surface area contributed by atoms with Gasteiger partial charge < -0.3 is 19.5 Å². The maximum Gasteiger partial charge on any atom is 0.318 e. The molecule has 162 valence electrons. The number of fused-ring (bicyclic) bond motifs is 1. The molecule has 0 bridgehead atoms. The zero-order valence-corrected chi connectivity index (χ0v) is 18.0. The molecular formula is C25H30N4O2. The Balaban J connectivity index is 1.42. The van der Waals surface area contributed by atoms with Crippen LogP contribution in [0.1, 0.15) is 42.5 Å². The van der Waals surface area contributed by atoms with Crippen LogP contribution >= 0.6 is 0 Å². The fourth-order valence-corrected chi connectivity index (χ4v) is 4.14. The van der Waals surface area contributed by atoms with Crippen LogP contribution in [-0.4, -0.2) is 33.6 Å². The molecule has 1 aliphatic rings. The summed E-state index contributed by atoms with van der Waals surface area (Å²) in [6, 6.07) is 16.5. The fraction of sp³-hybridized carbons (Fsp3) is 0.360. The summed E-state index contributed by atoms with van der Waals surface area (Å²) in [4.78, 5) is 19.3. The first kappa shape index (κ1) is 21.0. The molecule has 0 saturated carbocycles. The van der Waals surface area contributed by atoms with Gasteiger partial charge in [0.25, 0.3) is 0 Å². The smallest absolute Gasteiger partial charge is 0.318 e. The lowest BCUT2D eigenvalue weighted by molar-refractivity contribution is 0.189. The Morgan fingerprint density at radius 3 is 2.84 bits per heavy atom. The highest BCUT2D eigenvalue weighted by molar-refractivity contribution is 5.75. The lowest BCUT2D eigenvalue weighted by Crippen LogP contribution is -2.41. The minimum atomic E-state index is -0.0128. The number of ether oxygens (including phenoxy) is 1. The summed E-state index contributed by atoms with van der Waals surface area (Å²) in [5.41, 5.74) is 3.68. The van der Waals surface area contributed by atoms with E-state index in [-0.39, 0.29) is 12.1 Å². The molecule has 2 aromatic carbocycles. The third-order valence-electron chi connectivity index (χ3n) is 5.73. The molecule has 1 aliphatic carbocycles. The molecule has 1 heterocycles. The van der Waals surface area contributed by atoms with Crippen molar-refractivity contribution in [3.8, 4) is 5.75 Å². The molecule has 0 fully saturated rings. The van der Waals surface area contributed by atoms with E-state index >= 15 is 0 Å². The van der Waals surface area contributed by atoms with Crippen molar-refractivity contribution in [2.45, 2.75) is 45.3 Å². The van der Waals surface area contributed by atoms with Gasteiger partial charge in [-0.25, -0.2) is 9.78 Å². The number of nitrogens with zero attached hydrogens (tertiary/aromatic N) is 3. The predicted octanol–water partition coefficient (Wildman–Crippen LogP) is 4.57. The van der Waals surface area contributed by atoms with Crippen LogP contribution in [0.15, 0.2) is 67.3 Å². The monoisotopic (exact) mass is 418 g/mol. The van der Waals surface area contributed by atoms with E-state index < -0.39 is 0 Å².